The largest absolute Gasteiger partial charge is 0.573 e. The van der Waals surface area contributed by atoms with Crippen molar-refractivity contribution >= 4 is 29.3 Å². The van der Waals surface area contributed by atoms with Gasteiger partial charge in [0.2, 0.25) is 17.9 Å². The van der Waals surface area contributed by atoms with Crippen LogP contribution in [0.4, 0.5) is 38.1 Å². The molecule has 2 fully saturated rings. The van der Waals surface area contributed by atoms with Crippen molar-refractivity contribution in [3.05, 3.63) is 58.6 Å². The number of carbonyl (C=O) groups excluding carboxylic acids is 1. The predicted molar refractivity (Wildman–Crippen MR) is 161 cm³/mol. The fourth-order valence-electron chi connectivity index (χ4n) is 6.06. The summed E-state index contributed by atoms with van der Waals surface area (Å²) in [4.78, 5) is 22.2. The van der Waals surface area contributed by atoms with Gasteiger partial charge >= 0.3 is 18.5 Å². The van der Waals surface area contributed by atoms with E-state index in [2.05, 4.69) is 20.0 Å². The first kappa shape index (κ1) is 34.4. The van der Waals surface area contributed by atoms with Gasteiger partial charge in [-0.05, 0) is 79.5 Å². The van der Waals surface area contributed by atoms with Crippen LogP contribution in [-0.2, 0) is 9.53 Å². The summed E-state index contributed by atoms with van der Waals surface area (Å²) >= 11 is 6.15. The summed E-state index contributed by atoms with van der Waals surface area (Å²) in [5, 5.41) is 3.33. The molecule has 0 aliphatic carbocycles. The number of carbonyl (C=O) groups is 1. The minimum absolute atomic E-state index is 0.0173. The smallest absolute Gasteiger partial charge is 0.465 e. The molecule has 2 saturated heterocycles. The van der Waals surface area contributed by atoms with Crippen LogP contribution in [0.2, 0.25) is 5.02 Å². The predicted octanol–water partition coefficient (Wildman–Crippen LogP) is 6.78. The number of nitrogens with zero attached hydrogens (tertiary/aromatic N) is 3. The summed E-state index contributed by atoms with van der Waals surface area (Å²) in [5.74, 6) is -1.22. The van der Waals surface area contributed by atoms with Crippen molar-refractivity contribution < 1.29 is 45.3 Å². The van der Waals surface area contributed by atoms with Crippen LogP contribution in [-0.4, -0.2) is 60.8 Å². The molecule has 5 rings (SSSR count). The van der Waals surface area contributed by atoms with Crippen LogP contribution in [0.3, 0.4) is 0 Å². The van der Waals surface area contributed by atoms with Crippen molar-refractivity contribution in [2.45, 2.75) is 57.8 Å². The van der Waals surface area contributed by atoms with E-state index in [1.165, 1.54) is 37.3 Å². The molecule has 254 valence electrons. The lowest BCUT2D eigenvalue weighted by Crippen LogP contribution is -2.41. The third-order valence-corrected chi connectivity index (χ3v) is 8.57. The Bertz CT molecular complexity index is 1610. The van der Waals surface area contributed by atoms with Gasteiger partial charge in [-0.15, -0.1) is 13.2 Å². The SMILES string of the molecule is CCOC(=O)C1CC2(CCN(c3cc(O[C@H](c4ccc(Cl)cc4-c4ccc(OC(F)(F)F)c(C)c4)C(F)(F)F)nc(N)n3)CC2)CN1. The number of hydrogen-bond donors (Lipinski definition) is 2. The molecule has 0 saturated carbocycles. The fraction of sp³-hybridized carbons (Fsp3) is 0.452. The Hall–Kier alpha value is -3.98. The maximum atomic E-state index is 14.7. The van der Waals surface area contributed by atoms with Gasteiger partial charge in [0.15, 0.2) is 0 Å². The molecule has 1 spiro atoms. The zero-order valence-electron chi connectivity index (χ0n) is 25.3. The van der Waals surface area contributed by atoms with E-state index in [1.54, 1.807) is 6.92 Å². The van der Waals surface area contributed by atoms with E-state index in [-0.39, 0.29) is 56.5 Å². The monoisotopic (exact) mass is 687 g/mol. The molecular weight excluding hydrogens is 656 g/mol. The van der Waals surface area contributed by atoms with Crippen LogP contribution in [0, 0.1) is 12.3 Å². The van der Waals surface area contributed by atoms with Crippen molar-refractivity contribution in [1.29, 1.82) is 0 Å². The van der Waals surface area contributed by atoms with Crippen LogP contribution in [0.5, 0.6) is 11.6 Å². The molecule has 0 radical (unpaired) electrons. The highest BCUT2D eigenvalue weighted by molar-refractivity contribution is 6.30. The Morgan fingerprint density at radius 1 is 1.11 bits per heavy atom. The Balaban J connectivity index is 1.39. The van der Waals surface area contributed by atoms with Crippen molar-refractivity contribution in [3.63, 3.8) is 0 Å². The Labute approximate surface area is 271 Å². The number of halogens is 7. The van der Waals surface area contributed by atoms with Gasteiger partial charge in [-0.1, -0.05) is 23.7 Å². The molecule has 2 atom stereocenters. The summed E-state index contributed by atoms with van der Waals surface area (Å²) < 4.78 is 97.0. The van der Waals surface area contributed by atoms with E-state index in [9.17, 15) is 31.1 Å². The fourth-order valence-corrected chi connectivity index (χ4v) is 6.23. The molecule has 3 aromatic rings. The molecule has 2 aromatic carbocycles. The first-order valence-corrected chi connectivity index (χ1v) is 15.1. The maximum absolute atomic E-state index is 14.7. The second-order valence-electron chi connectivity index (χ2n) is 11.6. The number of aryl methyl sites for hydroxylation is 1. The second-order valence-corrected chi connectivity index (χ2v) is 12.0. The number of alkyl halides is 6. The highest BCUT2D eigenvalue weighted by Crippen LogP contribution is 2.44. The molecule has 2 aliphatic heterocycles. The molecule has 3 heterocycles. The third kappa shape index (κ3) is 8.12. The standard InChI is InChI=1S/C31H32ClF6N5O4/c1-3-45-27(44)22-15-29(16-40-22)8-10-43(11-9-29)24-14-25(42-28(39)41-24)46-26(30(33,34)35)20-6-5-19(32)13-21(20)18-4-7-23(17(2)12-18)47-31(36,37)38/h4-7,12-14,22,26,40H,3,8-11,15-16H2,1-2H3,(H2,39,41,42)/t22?,26-/m1/s1. The number of piperidine rings is 1. The Morgan fingerprint density at radius 2 is 1.83 bits per heavy atom. The molecule has 0 bridgehead atoms. The minimum Gasteiger partial charge on any atom is -0.465 e. The van der Waals surface area contributed by atoms with Gasteiger partial charge in [-0.25, -0.2) is 0 Å². The highest BCUT2D eigenvalue weighted by Gasteiger charge is 2.46. The van der Waals surface area contributed by atoms with Gasteiger partial charge in [-0.2, -0.15) is 23.1 Å². The first-order chi connectivity index (χ1) is 22.1. The number of nitrogen functional groups attached to an aromatic ring is 1. The van der Waals surface area contributed by atoms with Gasteiger partial charge in [0.05, 0.1) is 6.61 Å². The number of benzene rings is 2. The molecule has 1 unspecified atom stereocenters. The van der Waals surface area contributed by atoms with Crippen LogP contribution >= 0.6 is 11.6 Å². The van der Waals surface area contributed by atoms with E-state index in [0.29, 0.717) is 45.5 Å². The van der Waals surface area contributed by atoms with Gasteiger partial charge in [-0.3, -0.25) is 4.79 Å². The molecular formula is C31H32ClF6N5O4. The number of anilines is 2. The average molecular weight is 688 g/mol. The summed E-state index contributed by atoms with van der Waals surface area (Å²) in [6.45, 7) is 5.02. The highest BCUT2D eigenvalue weighted by atomic mass is 35.5. The molecule has 47 heavy (non-hydrogen) atoms. The quantitative estimate of drug-likeness (QED) is 0.196. The Morgan fingerprint density at radius 3 is 2.47 bits per heavy atom. The van der Waals surface area contributed by atoms with E-state index >= 15 is 0 Å². The van der Waals surface area contributed by atoms with E-state index in [4.69, 9.17) is 26.8 Å². The number of nitrogens with two attached hydrogens (primary N) is 1. The molecule has 0 amide bonds. The van der Waals surface area contributed by atoms with Gasteiger partial charge < -0.3 is 30.2 Å². The van der Waals surface area contributed by atoms with Gasteiger partial charge in [0.1, 0.15) is 17.6 Å². The molecule has 9 nitrogen and oxygen atoms in total. The minimum atomic E-state index is -4.96. The number of nitrogens with one attached hydrogen (secondary N) is 1. The summed E-state index contributed by atoms with van der Waals surface area (Å²) in [7, 11) is 0. The zero-order valence-corrected chi connectivity index (χ0v) is 26.1. The number of ether oxygens (including phenoxy) is 3. The number of rotatable bonds is 8. The number of esters is 1. The number of hydrogen-bond acceptors (Lipinski definition) is 9. The van der Waals surface area contributed by atoms with E-state index in [0.717, 1.165) is 12.1 Å². The summed E-state index contributed by atoms with van der Waals surface area (Å²) in [6.07, 6.45) is -10.5. The lowest BCUT2D eigenvalue weighted by Gasteiger charge is -2.39. The third-order valence-electron chi connectivity index (χ3n) is 8.33. The molecule has 1 aromatic heterocycles. The van der Waals surface area contributed by atoms with E-state index < -0.39 is 30.3 Å². The maximum Gasteiger partial charge on any atom is 0.573 e. The van der Waals surface area contributed by atoms with Crippen molar-refractivity contribution in [2.24, 2.45) is 5.41 Å². The average Bonchev–Trinajstić information content (AvgIpc) is 3.39. The van der Waals surface area contributed by atoms with Gasteiger partial charge in [0.25, 0.3) is 0 Å². The summed E-state index contributed by atoms with van der Waals surface area (Å²) in [6, 6.07) is 8.05. The summed E-state index contributed by atoms with van der Waals surface area (Å²) in [5.41, 5.74) is 5.61. The van der Waals surface area contributed by atoms with Crippen molar-refractivity contribution in [2.75, 3.05) is 36.9 Å². The topological polar surface area (TPSA) is 112 Å². The normalized spacial score (nSPS) is 18.7. The van der Waals surface area contributed by atoms with Crippen LogP contribution in [0.15, 0.2) is 42.5 Å². The van der Waals surface area contributed by atoms with Crippen LogP contribution in [0.1, 0.15) is 43.4 Å². The second kappa shape index (κ2) is 13.3. The lowest BCUT2D eigenvalue weighted by atomic mass is 9.76. The van der Waals surface area contributed by atoms with E-state index in [1.807, 2.05) is 4.90 Å². The number of aromatic nitrogens is 2. The van der Waals surface area contributed by atoms with Crippen molar-refractivity contribution in [1.82, 2.24) is 15.3 Å². The van der Waals surface area contributed by atoms with Crippen LogP contribution < -0.4 is 25.4 Å². The van der Waals surface area contributed by atoms with Gasteiger partial charge in [0, 0.05) is 36.3 Å². The van der Waals surface area contributed by atoms with Crippen LogP contribution in [0.25, 0.3) is 11.1 Å². The zero-order chi connectivity index (χ0) is 34.1. The molecule has 2 aliphatic rings. The molecule has 16 heteroatoms. The lowest BCUT2D eigenvalue weighted by molar-refractivity contribution is -0.274. The molecule has 3 N–H and O–H groups in total. The Kier molecular flexibility index (Phi) is 9.69. The van der Waals surface area contributed by atoms with Crippen molar-refractivity contribution in [3.8, 4) is 22.8 Å². The first-order valence-electron chi connectivity index (χ1n) is 14.7.